The van der Waals surface area contributed by atoms with E-state index in [9.17, 15) is 4.79 Å². The Kier molecular flexibility index (Phi) is 3.51. The molecular formula is C11H15NO2. The van der Waals surface area contributed by atoms with Crippen molar-refractivity contribution in [2.24, 2.45) is 0 Å². The monoisotopic (exact) mass is 193 g/mol. The lowest BCUT2D eigenvalue weighted by Gasteiger charge is -2.03. The highest BCUT2D eigenvalue weighted by Gasteiger charge is 1.98. The first-order valence-electron chi connectivity index (χ1n) is 4.63. The second-order valence-electron chi connectivity index (χ2n) is 3.45. The summed E-state index contributed by atoms with van der Waals surface area (Å²) < 4.78 is 5.27. The van der Waals surface area contributed by atoms with E-state index in [4.69, 9.17) is 4.42 Å². The molecule has 1 amide bonds. The molecule has 1 aromatic rings. The SMILES string of the molecule is Cc1ccc(/C=C/C(=O)NC(C)C)o1. The summed E-state index contributed by atoms with van der Waals surface area (Å²) in [6.45, 7) is 5.71. The van der Waals surface area contributed by atoms with Crippen molar-refractivity contribution in [3.8, 4) is 0 Å². The first kappa shape index (κ1) is 10.6. The van der Waals surface area contributed by atoms with Crippen LogP contribution in [-0.2, 0) is 4.79 Å². The molecule has 0 bridgehead atoms. The highest BCUT2D eigenvalue weighted by Crippen LogP contribution is 2.07. The van der Waals surface area contributed by atoms with Crippen LogP contribution < -0.4 is 5.32 Å². The minimum absolute atomic E-state index is 0.103. The first-order valence-corrected chi connectivity index (χ1v) is 4.63. The molecule has 0 spiro atoms. The number of amides is 1. The van der Waals surface area contributed by atoms with E-state index in [-0.39, 0.29) is 11.9 Å². The molecule has 3 heteroatoms. The van der Waals surface area contributed by atoms with Gasteiger partial charge in [-0.05, 0) is 39.0 Å². The Balaban J connectivity index is 2.51. The molecular weight excluding hydrogens is 178 g/mol. The molecule has 0 fully saturated rings. The van der Waals surface area contributed by atoms with Gasteiger partial charge in [-0.25, -0.2) is 0 Å². The fourth-order valence-electron chi connectivity index (χ4n) is 1.03. The Labute approximate surface area is 83.8 Å². The van der Waals surface area contributed by atoms with Crippen LogP contribution in [0.5, 0.6) is 0 Å². The second kappa shape index (κ2) is 4.65. The van der Waals surface area contributed by atoms with Crippen molar-refractivity contribution in [2.75, 3.05) is 0 Å². The van der Waals surface area contributed by atoms with E-state index < -0.39 is 0 Å². The number of hydrogen-bond acceptors (Lipinski definition) is 2. The highest BCUT2D eigenvalue weighted by molar-refractivity contribution is 5.91. The highest BCUT2D eigenvalue weighted by atomic mass is 16.3. The smallest absolute Gasteiger partial charge is 0.244 e. The quantitative estimate of drug-likeness (QED) is 0.747. The van der Waals surface area contributed by atoms with Gasteiger partial charge in [-0.1, -0.05) is 0 Å². The van der Waals surface area contributed by atoms with E-state index in [1.165, 1.54) is 6.08 Å². The van der Waals surface area contributed by atoms with Gasteiger partial charge in [-0.15, -0.1) is 0 Å². The lowest BCUT2D eigenvalue weighted by molar-refractivity contribution is -0.116. The Bertz CT molecular complexity index is 337. The van der Waals surface area contributed by atoms with Crippen molar-refractivity contribution >= 4 is 12.0 Å². The molecule has 1 heterocycles. The molecule has 0 aliphatic carbocycles. The average Bonchev–Trinajstić information content (AvgIpc) is 2.47. The van der Waals surface area contributed by atoms with Crippen molar-refractivity contribution < 1.29 is 9.21 Å². The molecule has 0 unspecified atom stereocenters. The van der Waals surface area contributed by atoms with Crippen LogP contribution in [0.2, 0.25) is 0 Å². The summed E-state index contributed by atoms with van der Waals surface area (Å²) in [4.78, 5) is 11.2. The maximum absolute atomic E-state index is 11.2. The molecule has 0 aromatic carbocycles. The topological polar surface area (TPSA) is 42.2 Å². The molecule has 0 atom stereocenters. The maximum Gasteiger partial charge on any atom is 0.244 e. The second-order valence-corrected chi connectivity index (χ2v) is 3.45. The molecule has 1 rings (SSSR count). The van der Waals surface area contributed by atoms with E-state index in [1.807, 2.05) is 32.9 Å². The van der Waals surface area contributed by atoms with Gasteiger partial charge in [-0.3, -0.25) is 4.79 Å². The van der Waals surface area contributed by atoms with Crippen LogP contribution in [0, 0.1) is 6.92 Å². The molecule has 1 N–H and O–H groups in total. The third kappa shape index (κ3) is 3.47. The van der Waals surface area contributed by atoms with Gasteiger partial charge in [0.05, 0.1) is 0 Å². The number of furan rings is 1. The fourth-order valence-corrected chi connectivity index (χ4v) is 1.03. The van der Waals surface area contributed by atoms with E-state index in [2.05, 4.69) is 5.32 Å². The molecule has 0 radical (unpaired) electrons. The number of aryl methyl sites for hydroxylation is 1. The van der Waals surface area contributed by atoms with Gasteiger partial charge in [0, 0.05) is 12.1 Å². The van der Waals surface area contributed by atoms with Crippen molar-refractivity contribution in [1.29, 1.82) is 0 Å². The third-order valence-electron chi connectivity index (χ3n) is 1.59. The number of nitrogens with one attached hydrogen (secondary N) is 1. The summed E-state index contributed by atoms with van der Waals surface area (Å²) in [7, 11) is 0. The molecule has 76 valence electrons. The average molecular weight is 193 g/mol. The predicted octanol–water partition coefficient (Wildman–Crippen LogP) is 2.13. The zero-order valence-electron chi connectivity index (χ0n) is 8.70. The molecule has 0 aliphatic rings. The summed E-state index contributed by atoms with van der Waals surface area (Å²) in [6, 6.07) is 3.85. The lowest BCUT2D eigenvalue weighted by atomic mass is 10.3. The number of carbonyl (C=O) groups excluding carboxylic acids is 1. The van der Waals surface area contributed by atoms with Gasteiger partial charge >= 0.3 is 0 Å². The van der Waals surface area contributed by atoms with Crippen LogP contribution in [0.4, 0.5) is 0 Å². The van der Waals surface area contributed by atoms with Crippen molar-refractivity contribution in [2.45, 2.75) is 26.8 Å². The van der Waals surface area contributed by atoms with Crippen LogP contribution in [0.1, 0.15) is 25.4 Å². The molecule has 1 aromatic heterocycles. The summed E-state index contributed by atoms with van der Waals surface area (Å²) >= 11 is 0. The number of carbonyl (C=O) groups is 1. The molecule has 0 saturated carbocycles. The maximum atomic E-state index is 11.2. The van der Waals surface area contributed by atoms with Gasteiger partial charge < -0.3 is 9.73 Å². The molecule has 14 heavy (non-hydrogen) atoms. The van der Waals surface area contributed by atoms with Gasteiger partial charge in [0.15, 0.2) is 0 Å². The summed E-state index contributed by atoms with van der Waals surface area (Å²) in [5, 5.41) is 2.75. The number of rotatable bonds is 3. The van der Waals surface area contributed by atoms with Crippen LogP contribution in [0.3, 0.4) is 0 Å². The fraction of sp³-hybridized carbons (Fsp3) is 0.364. The van der Waals surface area contributed by atoms with Crippen LogP contribution in [0.15, 0.2) is 22.6 Å². The first-order chi connectivity index (χ1) is 6.58. The third-order valence-corrected chi connectivity index (χ3v) is 1.59. The van der Waals surface area contributed by atoms with Crippen LogP contribution in [0.25, 0.3) is 6.08 Å². The molecule has 3 nitrogen and oxygen atoms in total. The Morgan fingerprint density at radius 3 is 2.71 bits per heavy atom. The predicted molar refractivity (Wildman–Crippen MR) is 55.8 cm³/mol. The largest absolute Gasteiger partial charge is 0.462 e. The van der Waals surface area contributed by atoms with Gasteiger partial charge in [-0.2, -0.15) is 0 Å². The Morgan fingerprint density at radius 1 is 1.50 bits per heavy atom. The number of hydrogen-bond donors (Lipinski definition) is 1. The van der Waals surface area contributed by atoms with Crippen molar-refractivity contribution in [3.63, 3.8) is 0 Å². The van der Waals surface area contributed by atoms with E-state index in [0.29, 0.717) is 5.76 Å². The van der Waals surface area contributed by atoms with E-state index >= 15 is 0 Å². The minimum Gasteiger partial charge on any atom is -0.462 e. The Hall–Kier alpha value is -1.51. The molecule has 0 aliphatic heterocycles. The van der Waals surface area contributed by atoms with Gasteiger partial charge in [0.2, 0.25) is 5.91 Å². The normalized spacial score (nSPS) is 11.1. The van der Waals surface area contributed by atoms with E-state index in [1.54, 1.807) is 6.08 Å². The van der Waals surface area contributed by atoms with Crippen molar-refractivity contribution in [1.82, 2.24) is 5.32 Å². The van der Waals surface area contributed by atoms with Crippen LogP contribution in [-0.4, -0.2) is 11.9 Å². The Morgan fingerprint density at radius 2 is 2.21 bits per heavy atom. The summed E-state index contributed by atoms with van der Waals surface area (Å²) in [6.07, 6.45) is 3.13. The minimum atomic E-state index is -0.103. The standard InChI is InChI=1S/C11H15NO2/c1-8(2)12-11(13)7-6-10-5-4-9(3)14-10/h4-8H,1-3H3,(H,12,13)/b7-6+. The van der Waals surface area contributed by atoms with Crippen molar-refractivity contribution in [3.05, 3.63) is 29.7 Å². The lowest BCUT2D eigenvalue weighted by Crippen LogP contribution is -2.28. The summed E-state index contributed by atoms with van der Waals surface area (Å²) in [5.41, 5.74) is 0. The zero-order chi connectivity index (χ0) is 10.6. The van der Waals surface area contributed by atoms with E-state index in [0.717, 1.165) is 5.76 Å². The van der Waals surface area contributed by atoms with Crippen LogP contribution >= 0.6 is 0 Å². The summed E-state index contributed by atoms with van der Waals surface area (Å²) in [5.74, 6) is 1.43. The van der Waals surface area contributed by atoms with Gasteiger partial charge in [0.1, 0.15) is 11.5 Å². The zero-order valence-corrected chi connectivity index (χ0v) is 8.70. The molecule has 0 saturated heterocycles. The van der Waals surface area contributed by atoms with Gasteiger partial charge in [0.25, 0.3) is 0 Å².